The highest BCUT2D eigenvalue weighted by Crippen LogP contribution is 2.15. The monoisotopic (exact) mass is 197 g/mol. The SMILES string of the molecule is CC(NC1COCC1O)c1ccoc1. The van der Waals surface area contributed by atoms with Crippen molar-refractivity contribution in [1.82, 2.24) is 5.32 Å². The Bertz CT molecular complexity index is 273. The largest absolute Gasteiger partial charge is 0.472 e. The summed E-state index contributed by atoms with van der Waals surface area (Å²) >= 11 is 0. The number of rotatable bonds is 3. The quantitative estimate of drug-likeness (QED) is 0.748. The zero-order valence-corrected chi connectivity index (χ0v) is 8.14. The molecule has 1 aromatic rings. The Kier molecular flexibility index (Phi) is 2.86. The minimum atomic E-state index is -0.399. The Labute approximate surface area is 82.9 Å². The van der Waals surface area contributed by atoms with Crippen molar-refractivity contribution in [3.63, 3.8) is 0 Å². The van der Waals surface area contributed by atoms with E-state index in [0.29, 0.717) is 13.2 Å². The van der Waals surface area contributed by atoms with E-state index in [0.717, 1.165) is 5.56 Å². The number of aliphatic hydroxyl groups is 1. The summed E-state index contributed by atoms with van der Waals surface area (Å²) in [5.74, 6) is 0. The van der Waals surface area contributed by atoms with Crippen LogP contribution in [0.4, 0.5) is 0 Å². The topological polar surface area (TPSA) is 54.6 Å². The molecule has 3 unspecified atom stereocenters. The molecule has 0 amide bonds. The van der Waals surface area contributed by atoms with Crippen LogP contribution in [0.1, 0.15) is 18.5 Å². The average molecular weight is 197 g/mol. The second-order valence-corrected chi connectivity index (χ2v) is 3.66. The number of aliphatic hydroxyl groups excluding tert-OH is 1. The van der Waals surface area contributed by atoms with Gasteiger partial charge in [0.2, 0.25) is 0 Å². The fourth-order valence-corrected chi connectivity index (χ4v) is 1.64. The van der Waals surface area contributed by atoms with Gasteiger partial charge < -0.3 is 19.6 Å². The third-order valence-electron chi connectivity index (χ3n) is 2.56. The fraction of sp³-hybridized carbons (Fsp3) is 0.600. The van der Waals surface area contributed by atoms with Crippen LogP contribution in [0.25, 0.3) is 0 Å². The standard InChI is InChI=1S/C10H15NO3/c1-7(8-2-3-13-4-8)11-9-5-14-6-10(9)12/h2-4,7,9-12H,5-6H2,1H3. The maximum atomic E-state index is 9.52. The Morgan fingerprint density at radius 1 is 1.57 bits per heavy atom. The highest BCUT2D eigenvalue weighted by atomic mass is 16.5. The maximum absolute atomic E-state index is 9.52. The van der Waals surface area contributed by atoms with Crippen LogP contribution in [0.15, 0.2) is 23.0 Å². The molecule has 0 aliphatic carbocycles. The van der Waals surface area contributed by atoms with Gasteiger partial charge in [0.15, 0.2) is 0 Å². The molecule has 2 rings (SSSR count). The van der Waals surface area contributed by atoms with Crippen LogP contribution >= 0.6 is 0 Å². The van der Waals surface area contributed by atoms with Gasteiger partial charge in [0, 0.05) is 11.6 Å². The molecule has 1 aliphatic heterocycles. The Morgan fingerprint density at radius 2 is 2.43 bits per heavy atom. The summed E-state index contributed by atoms with van der Waals surface area (Å²) in [6, 6.07) is 2.12. The summed E-state index contributed by atoms with van der Waals surface area (Å²) in [5.41, 5.74) is 1.09. The average Bonchev–Trinajstić information content (AvgIpc) is 2.77. The Balaban J connectivity index is 1.91. The summed E-state index contributed by atoms with van der Waals surface area (Å²) < 4.78 is 10.1. The van der Waals surface area contributed by atoms with Crippen LogP contribution in [0.3, 0.4) is 0 Å². The highest BCUT2D eigenvalue weighted by Gasteiger charge is 2.27. The third-order valence-corrected chi connectivity index (χ3v) is 2.56. The van der Waals surface area contributed by atoms with E-state index in [1.807, 2.05) is 13.0 Å². The first kappa shape index (κ1) is 9.71. The van der Waals surface area contributed by atoms with Gasteiger partial charge in [-0.05, 0) is 13.0 Å². The van der Waals surface area contributed by atoms with E-state index in [1.165, 1.54) is 0 Å². The zero-order valence-electron chi connectivity index (χ0n) is 8.14. The lowest BCUT2D eigenvalue weighted by molar-refractivity contribution is 0.121. The molecule has 14 heavy (non-hydrogen) atoms. The Hall–Kier alpha value is -0.840. The van der Waals surface area contributed by atoms with Gasteiger partial charge in [0.25, 0.3) is 0 Å². The maximum Gasteiger partial charge on any atom is 0.0950 e. The highest BCUT2D eigenvalue weighted by molar-refractivity contribution is 5.10. The summed E-state index contributed by atoms with van der Waals surface area (Å²) in [6.45, 7) is 3.04. The lowest BCUT2D eigenvalue weighted by Crippen LogP contribution is -2.40. The van der Waals surface area contributed by atoms with Crippen molar-refractivity contribution in [3.05, 3.63) is 24.2 Å². The van der Waals surface area contributed by atoms with Gasteiger partial charge in [-0.25, -0.2) is 0 Å². The van der Waals surface area contributed by atoms with Gasteiger partial charge in [-0.3, -0.25) is 0 Å². The van der Waals surface area contributed by atoms with Gasteiger partial charge in [-0.15, -0.1) is 0 Å². The van der Waals surface area contributed by atoms with Crippen LogP contribution in [0.2, 0.25) is 0 Å². The van der Waals surface area contributed by atoms with Gasteiger partial charge >= 0.3 is 0 Å². The molecule has 3 atom stereocenters. The minimum absolute atomic E-state index is 0.0277. The molecular weight excluding hydrogens is 182 g/mol. The predicted octanol–water partition coefficient (Wildman–Crippen LogP) is 0.690. The van der Waals surface area contributed by atoms with E-state index in [9.17, 15) is 5.11 Å². The first-order valence-corrected chi connectivity index (χ1v) is 4.81. The molecule has 1 aromatic heterocycles. The molecule has 1 saturated heterocycles. The van der Waals surface area contributed by atoms with Crippen LogP contribution in [0.5, 0.6) is 0 Å². The second-order valence-electron chi connectivity index (χ2n) is 3.66. The van der Waals surface area contributed by atoms with Gasteiger partial charge in [0.1, 0.15) is 0 Å². The number of hydrogen-bond donors (Lipinski definition) is 2. The molecule has 0 spiro atoms. The van der Waals surface area contributed by atoms with Crippen molar-refractivity contribution >= 4 is 0 Å². The van der Waals surface area contributed by atoms with E-state index < -0.39 is 6.10 Å². The fourth-order valence-electron chi connectivity index (χ4n) is 1.64. The molecule has 4 nitrogen and oxygen atoms in total. The van der Waals surface area contributed by atoms with Gasteiger partial charge in [0.05, 0.1) is 37.9 Å². The van der Waals surface area contributed by atoms with Crippen LogP contribution in [-0.4, -0.2) is 30.5 Å². The minimum Gasteiger partial charge on any atom is -0.472 e. The van der Waals surface area contributed by atoms with Crippen molar-refractivity contribution in [2.24, 2.45) is 0 Å². The molecule has 78 valence electrons. The van der Waals surface area contributed by atoms with Crippen LogP contribution in [-0.2, 0) is 4.74 Å². The molecule has 0 aromatic carbocycles. The van der Waals surface area contributed by atoms with E-state index in [-0.39, 0.29) is 12.1 Å². The van der Waals surface area contributed by atoms with Crippen molar-refractivity contribution in [2.45, 2.75) is 25.1 Å². The number of nitrogens with one attached hydrogen (secondary N) is 1. The molecule has 1 fully saturated rings. The van der Waals surface area contributed by atoms with Crippen molar-refractivity contribution in [3.8, 4) is 0 Å². The molecule has 0 radical (unpaired) electrons. The summed E-state index contributed by atoms with van der Waals surface area (Å²) in [4.78, 5) is 0. The third kappa shape index (κ3) is 1.97. The normalized spacial score (nSPS) is 29.3. The lowest BCUT2D eigenvalue weighted by atomic mass is 10.1. The zero-order chi connectivity index (χ0) is 9.97. The lowest BCUT2D eigenvalue weighted by Gasteiger charge is -2.19. The Morgan fingerprint density at radius 3 is 3.00 bits per heavy atom. The van der Waals surface area contributed by atoms with E-state index >= 15 is 0 Å². The number of furan rings is 1. The molecule has 2 N–H and O–H groups in total. The van der Waals surface area contributed by atoms with Crippen LogP contribution < -0.4 is 5.32 Å². The first-order valence-electron chi connectivity index (χ1n) is 4.81. The van der Waals surface area contributed by atoms with Crippen LogP contribution in [0, 0.1) is 0 Å². The molecule has 4 heteroatoms. The molecule has 1 aliphatic rings. The second kappa shape index (κ2) is 4.13. The van der Waals surface area contributed by atoms with E-state index in [2.05, 4.69) is 5.32 Å². The van der Waals surface area contributed by atoms with Gasteiger partial charge in [-0.1, -0.05) is 0 Å². The summed E-state index contributed by atoms with van der Waals surface area (Å²) in [5, 5.41) is 12.8. The van der Waals surface area contributed by atoms with Crippen molar-refractivity contribution in [2.75, 3.05) is 13.2 Å². The molecular formula is C10H15NO3. The number of ether oxygens (including phenoxy) is 1. The molecule has 2 heterocycles. The van der Waals surface area contributed by atoms with E-state index in [1.54, 1.807) is 12.5 Å². The molecule has 0 bridgehead atoms. The predicted molar refractivity (Wildman–Crippen MR) is 50.9 cm³/mol. The summed E-state index contributed by atoms with van der Waals surface area (Å²) in [6.07, 6.45) is 2.96. The van der Waals surface area contributed by atoms with Crippen molar-refractivity contribution < 1.29 is 14.3 Å². The molecule has 0 saturated carbocycles. The summed E-state index contributed by atoms with van der Waals surface area (Å²) in [7, 11) is 0. The van der Waals surface area contributed by atoms with E-state index in [4.69, 9.17) is 9.15 Å². The number of hydrogen-bond acceptors (Lipinski definition) is 4. The van der Waals surface area contributed by atoms with Crippen molar-refractivity contribution in [1.29, 1.82) is 0 Å². The van der Waals surface area contributed by atoms with Gasteiger partial charge in [-0.2, -0.15) is 0 Å². The smallest absolute Gasteiger partial charge is 0.0950 e. The first-order chi connectivity index (χ1) is 6.77.